The largest absolute Gasteiger partial charge is 0.359 e. The Morgan fingerprint density at radius 1 is 1.42 bits per heavy atom. The van der Waals surface area contributed by atoms with E-state index in [1.807, 2.05) is 6.08 Å². The molecule has 0 bridgehead atoms. The molecule has 1 aliphatic rings. The molecule has 12 heavy (non-hydrogen) atoms. The lowest BCUT2D eigenvalue weighted by molar-refractivity contribution is 0.281. The molecular weight excluding hydrogens is 216 g/mol. The lowest BCUT2D eigenvalue weighted by atomic mass is 10.4. The molecule has 3 heteroatoms. The molecule has 0 aliphatic carbocycles. The number of rotatable bonds is 4. The quantitative estimate of drug-likeness (QED) is 0.687. The van der Waals surface area contributed by atoms with Gasteiger partial charge in [-0.05, 0) is 6.42 Å². The summed E-state index contributed by atoms with van der Waals surface area (Å²) in [7, 11) is 0. The second-order valence-corrected chi connectivity index (χ2v) is 2.81. The van der Waals surface area contributed by atoms with Gasteiger partial charge in [0.2, 0.25) is 0 Å². The van der Waals surface area contributed by atoms with Gasteiger partial charge in [-0.3, -0.25) is 0 Å². The van der Waals surface area contributed by atoms with Crippen molar-refractivity contribution in [2.24, 2.45) is 0 Å². The molecule has 0 aromatic carbocycles. The van der Waals surface area contributed by atoms with Crippen LogP contribution in [0, 0.1) is 0 Å². The van der Waals surface area contributed by atoms with Crippen LogP contribution in [0.1, 0.15) is 13.3 Å². The van der Waals surface area contributed by atoms with Crippen molar-refractivity contribution in [3.8, 4) is 0 Å². The molecule has 0 aromatic heterocycles. The van der Waals surface area contributed by atoms with E-state index in [9.17, 15) is 0 Å². The minimum Gasteiger partial charge on any atom is -0.359 e. The molecule has 0 saturated carbocycles. The average Bonchev–Trinajstić information content (AvgIpc) is 2.38. The fourth-order valence-corrected chi connectivity index (χ4v) is 1.23. The van der Waals surface area contributed by atoms with E-state index >= 15 is 0 Å². The maximum atomic E-state index is 3.70. The maximum absolute atomic E-state index is 3.70. The topological polar surface area (TPSA) is 6.48 Å². The molecule has 1 aliphatic heterocycles. The summed E-state index contributed by atoms with van der Waals surface area (Å²) in [5.74, 6) is 0. The Bertz CT molecular complexity index is 157. The van der Waals surface area contributed by atoms with Crippen LogP contribution < -0.4 is 0 Å². The standard InChI is InChI=1S/C9H16N2.BrH/c1-3-5-10-7-8-11(9-10)6-4-2;/h3,7-8H,1,4-6,9H2,2H3;1H. The summed E-state index contributed by atoms with van der Waals surface area (Å²) >= 11 is 0. The highest BCUT2D eigenvalue weighted by molar-refractivity contribution is 8.93. The molecule has 70 valence electrons. The van der Waals surface area contributed by atoms with Gasteiger partial charge in [0.15, 0.2) is 0 Å². The predicted molar refractivity (Wildman–Crippen MR) is 58.2 cm³/mol. The predicted octanol–water partition coefficient (Wildman–Crippen LogP) is 2.21. The van der Waals surface area contributed by atoms with Crippen molar-refractivity contribution in [1.29, 1.82) is 0 Å². The minimum absolute atomic E-state index is 0. The molecule has 2 nitrogen and oxygen atoms in total. The first-order valence-corrected chi connectivity index (χ1v) is 4.14. The normalized spacial score (nSPS) is 14.8. The minimum atomic E-state index is 0. The molecule has 0 N–H and O–H groups in total. The molecule has 0 amide bonds. The summed E-state index contributed by atoms with van der Waals surface area (Å²) < 4.78 is 0. The van der Waals surface area contributed by atoms with E-state index in [4.69, 9.17) is 0 Å². The van der Waals surface area contributed by atoms with Crippen molar-refractivity contribution in [2.45, 2.75) is 13.3 Å². The van der Waals surface area contributed by atoms with E-state index in [1.165, 1.54) is 6.42 Å². The van der Waals surface area contributed by atoms with Crippen molar-refractivity contribution < 1.29 is 0 Å². The first-order valence-electron chi connectivity index (χ1n) is 4.14. The van der Waals surface area contributed by atoms with Crippen molar-refractivity contribution in [1.82, 2.24) is 9.80 Å². The van der Waals surface area contributed by atoms with E-state index < -0.39 is 0 Å². The zero-order valence-corrected chi connectivity index (χ0v) is 9.28. The first-order chi connectivity index (χ1) is 5.36. The lowest BCUT2D eigenvalue weighted by Crippen LogP contribution is -2.25. The van der Waals surface area contributed by atoms with Crippen LogP contribution in [0.5, 0.6) is 0 Å². The van der Waals surface area contributed by atoms with Crippen molar-refractivity contribution in [3.63, 3.8) is 0 Å². The van der Waals surface area contributed by atoms with Crippen LogP contribution in [0.15, 0.2) is 25.1 Å². The number of hydrogen-bond donors (Lipinski definition) is 0. The number of halogens is 1. The summed E-state index contributed by atoms with van der Waals surface area (Å²) in [6, 6.07) is 0. The molecule has 0 radical (unpaired) electrons. The van der Waals surface area contributed by atoms with Gasteiger partial charge in [0.25, 0.3) is 0 Å². The van der Waals surface area contributed by atoms with Crippen LogP contribution in [0.4, 0.5) is 0 Å². The summed E-state index contributed by atoms with van der Waals surface area (Å²) in [5.41, 5.74) is 0. The Morgan fingerprint density at radius 2 is 2.08 bits per heavy atom. The summed E-state index contributed by atoms with van der Waals surface area (Å²) in [6.07, 6.45) is 7.41. The van der Waals surface area contributed by atoms with Gasteiger partial charge in [0, 0.05) is 25.5 Å². The van der Waals surface area contributed by atoms with Crippen molar-refractivity contribution in [2.75, 3.05) is 19.8 Å². The Labute approximate surface area is 85.3 Å². The Hall–Kier alpha value is -0.440. The zero-order chi connectivity index (χ0) is 8.10. The van der Waals surface area contributed by atoms with Gasteiger partial charge in [0.1, 0.15) is 0 Å². The van der Waals surface area contributed by atoms with Crippen LogP contribution in [0.25, 0.3) is 0 Å². The second kappa shape index (κ2) is 6.12. The van der Waals surface area contributed by atoms with Crippen LogP contribution in [0.3, 0.4) is 0 Å². The maximum Gasteiger partial charge on any atom is 0.0896 e. The monoisotopic (exact) mass is 232 g/mol. The van der Waals surface area contributed by atoms with E-state index in [2.05, 4.69) is 35.7 Å². The third-order valence-corrected chi connectivity index (χ3v) is 1.73. The molecule has 0 saturated heterocycles. The number of hydrogen-bond acceptors (Lipinski definition) is 2. The molecule has 0 fully saturated rings. The highest BCUT2D eigenvalue weighted by atomic mass is 79.9. The van der Waals surface area contributed by atoms with Gasteiger partial charge in [-0.2, -0.15) is 0 Å². The molecular formula is C9H17BrN2. The molecule has 0 unspecified atom stereocenters. The molecule has 0 spiro atoms. The van der Waals surface area contributed by atoms with Crippen LogP contribution in [-0.2, 0) is 0 Å². The lowest BCUT2D eigenvalue weighted by Gasteiger charge is -2.19. The smallest absolute Gasteiger partial charge is 0.0896 e. The van der Waals surface area contributed by atoms with Crippen molar-refractivity contribution >= 4 is 17.0 Å². The average molecular weight is 233 g/mol. The van der Waals surface area contributed by atoms with E-state index in [1.54, 1.807) is 0 Å². The Morgan fingerprint density at radius 3 is 2.67 bits per heavy atom. The van der Waals surface area contributed by atoms with Crippen LogP contribution in [-0.4, -0.2) is 29.6 Å². The first kappa shape index (κ1) is 11.6. The Kier molecular flexibility index (Phi) is 5.89. The zero-order valence-electron chi connectivity index (χ0n) is 7.57. The van der Waals surface area contributed by atoms with Gasteiger partial charge < -0.3 is 9.80 Å². The molecule has 0 aromatic rings. The highest BCUT2D eigenvalue weighted by Crippen LogP contribution is 2.05. The van der Waals surface area contributed by atoms with Gasteiger partial charge in [-0.25, -0.2) is 0 Å². The van der Waals surface area contributed by atoms with Crippen molar-refractivity contribution in [3.05, 3.63) is 25.1 Å². The SMILES string of the molecule is Br.C=CCN1C=CN(CCC)C1. The van der Waals surface area contributed by atoms with Crippen LogP contribution in [0.2, 0.25) is 0 Å². The molecule has 0 atom stereocenters. The van der Waals surface area contributed by atoms with Crippen LogP contribution >= 0.6 is 17.0 Å². The highest BCUT2D eigenvalue weighted by Gasteiger charge is 2.08. The third kappa shape index (κ3) is 3.30. The molecule has 1 rings (SSSR count). The fourth-order valence-electron chi connectivity index (χ4n) is 1.23. The van der Waals surface area contributed by atoms with Gasteiger partial charge in [-0.15, -0.1) is 23.6 Å². The van der Waals surface area contributed by atoms with E-state index in [-0.39, 0.29) is 17.0 Å². The molecule has 1 heterocycles. The fraction of sp³-hybridized carbons (Fsp3) is 0.556. The summed E-state index contributed by atoms with van der Waals surface area (Å²) in [6.45, 7) is 9.04. The Balaban J connectivity index is 0.00000121. The second-order valence-electron chi connectivity index (χ2n) is 2.81. The van der Waals surface area contributed by atoms with Gasteiger partial charge in [0.05, 0.1) is 6.67 Å². The van der Waals surface area contributed by atoms with E-state index in [0.717, 1.165) is 19.8 Å². The third-order valence-electron chi connectivity index (χ3n) is 1.73. The van der Waals surface area contributed by atoms with Gasteiger partial charge in [-0.1, -0.05) is 13.0 Å². The van der Waals surface area contributed by atoms with Gasteiger partial charge >= 0.3 is 0 Å². The summed E-state index contributed by atoms with van der Waals surface area (Å²) in [4.78, 5) is 4.55. The summed E-state index contributed by atoms with van der Waals surface area (Å²) in [5, 5.41) is 0. The number of nitrogens with zero attached hydrogens (tertiary/aromatic N) is 2. The van der Waals surface area contributed by atoms with E-state index in [0.29, 0.717) is 0 Å².